The summed E-state index contributed by atoms with van der Waals surface area (Å²) in [7, 11) is 0. The molecular formula is C14H15N3O2. The molecule has 3 rings (SSSR count). The van der Waals surface area contributed by atoms with Gasteiger partial charge in [-0.05, 0) is 37.5 Å². The molecule has 1 aliphatic carbocycles. The Morgan fingerprint density at radius 2 is 2.05 bits per heavy atom. The van der Waals surface area contributed by atoms with Crippen molar-refractivity contribution in [3.63, 3.8) is 0 Å². The van der Waals surface area contributed by atoms with Crippen LogP contribution in [0, 0.1) is 6.92 Å². The summed E-state index contributed by atoms with van der Waals surface area (Å²) in [6.45, 7) is 1.89. The summed E-state index contributed by atoms with van der Waals surface area (Å²) in [6, 6.07) is 7.86. The van der Waals surface area contributed by atoms with Crippen molar-refractivity contribution < 1.29 is 9.90 Å². The minimum Gasteiger partial charge on any atom is -0.481 e. The minimum atomic E-state index is -0.731. The molecule has 0 atom stereocenters. The number of carboxylic acids is 1. The first-order valence-electron chi connectivity index (χ1n) is 6.31. The number of nitrogens with zero attached hydrogens (tertiary/aromatic N) is 3. The predicted molar refractivity (Wildman–Crippen MR) is 69.3 cm³/mol. The summed E-state index contributed by atoms with van der Waals surface area (Å²) >= 11 is 0. The maximum atomic E-state index is 10.9. The standard InChI is InChI=1S/C14H15N3O2/c1-10-9-15-17(16-10)12-4-2-11(3-5-12)14(6-7-14)8-13(18)19/h2-5,9H,6-8H2,1H3,(H,18,19). The Hall–Kier alpha value is -2.17. The van der Waals surface area contributed by atoms with E-state index in [1.54, 1.807) is 11.0 Å². The Bertz CT molecular complexity index is 612. The first-order valence-corrected chi connectivity index (χ1v) is 6.31. The van der Waals surface area contributed by atoms with Crippen molar-refractivity contribution in [3.8, 4) is 5.69 Å². The molecule has 0 bridgehead atoms. The number of benzene rings is 1. The molecule has 98 valence electrons. The van der Waals surface area contributed by atoms with E-state index in [9.17, 15) is 4.79 Å². The van der Waals surface area contributed by atoms with E-state index in [2.05, 4.69) is 10.2 Å². The summed E-state index contributed by atoms with van der Waals surface area (Å²) < 4.78 is 0. The Morgan fingerprint density at radius 3 is 2.53 bits per heavy atom. The second kappa shape index (κ2) is 4.19. The number of aryl methyl sites for hydroxylation is 1. The highest BCUT2D eigenvalue weighted by atomic mass is 16.4. The molecule has 19 heavy (non-hydrogen) atoms. The van der Waals surface area contributed by atoms with E-state index in [1.165, 1.54) is 0 Å². The number of carbonyl (C=O) groups is 1. The zero-order chi connectivity index (χ0) is 13.5. The van der Waals surface area contributed by atoms with Gasteiger partial charge in [-0.25, -0.2) is 0 Å². The van der Waals surface area contributed by atoms with Gasteiger partial charge >= 0.3 is 5.97 Å². The van der Waals surface area contributed by atoms with Crippen LogP contribution < -0.4 is 0 Å². The van der Waals surface area contributed by atoms with Crippen molar-refractivity contribution in [2.45, 2.75) is 31.6 Å². The highest BCUT2D eigenvalue weighted by Gasteiger charge is 2.45. The number of hydrogen-bond acceptors (Lipinski definition) is 3. The third-order valence-electron chi connectivity index (χ3n) is 3.66. The highest BCUT2D eigenvalue weighted by molar-refractivity contribution is 5.70. The lowest BCUT2D eigenvalue weighted by atomic mass is 9.92. The average molecular weight is 257 g/mol. The molecule has 1 aromatic carbocycles. The van der Waals surface area contributed by atoms with Crippen molar-refractivity contribution in [1.29, 1.82) is 0 Å². The molecule has 1 aliphatic rings. The highest BCUT2D eigenvalue weighted by Crippen LogP contribution is 2.51. The number of rotatable bonds is 4. The van der Waals surface area contributed by atoms with E-state index in [1.807, 2.05) is 31.2 Å². The zero-order valence-electron chi connectivity index (χ0n) is 10.7. The van der Waals surface area contributed by atoms with Gasteiger partial charge < -0.3 is 5.11 Å². The minimum absolute atomic E-state index is 0.141. The second-order valence-corrected chi connectivity index (χ2v) is 5.17. The molecule has 1 fully saturated rings. The third-order valence-corrected chi connectivity index (χ3v) is 3.66. The van der Waals surface area contributed by atoms with Gasteiger partial charge in [0.2, 0.25) is 0 Å². The quantitative estimate of drug-likeness (QED) is 0.910. The topological polar surface area (TPSA) is 68.0 Å². The number of hydrogen-bond donors (Lipinski definition) is 1. The fourth-order valence-corrected chi connectivity index (χ4v) is 2.42. The molecule has 2 aromatic rings. The van der Waals surface area contributed by atoms with Gasteiger partial charge in [0.1, 0.15) is 0 Å². The maximum Gasteiger partial charge on any atom is 0.304 e. The normalized spacial score (nSPS) is 16.3. The molecule has 0 radical (unpaired) electrons. The van der Waals surface area contributed by atoms with Crippen molar-refractivity contribution in [3.05, 3.63) is 41.7 Å². The Balaban J connectivity index is 1.85. The monoisotopic (exact) mass is 257 g/mol. The van der Waals surface area contributed by atoms with Gasteiger partial charge in [-0.3, -0.25) is 4.79 Å². The SMILES string of the molecule is Cc1cnn(-c2ccc(C3(CC(=O)O)CC3)cc2)n1. The van der Waals surface area contributed by atoms with Crippen LogP contribution in [0.15, 0.2) is 30.5 Å². The first kappa shape index (κ1) is 11.9. The molecule has 0 amide bonds. The largest absolute Gasteiger partial charge is 0.481 e. The molecule has 5 heteroatoms. The lowest BCUT2D eigenvalue weighted by Gasteiger charge is -2.13. The van der Waals surface area contributed by atoms with Gasteiger partial charge in [0.05, 0.1) is 24.0 Å². The van der Waals surface area contributed by atoms with Crippen molar-refractivity contribution >= 4 is 5.97 Å². The fraction of sp³-hybridized carbons (Fsp3) is 0.357. The van der Waals surface area contributed by atoms with Gasteiger partial charge in [-0.1, -0.05) is 12.1 Å². The molecule has 0 spiro atoms. The van der Waals surface area contributed by atoms with E-state index in [0.29, 0.717) is 0 Å². The lowest BCUT2D eigenvalue weighted by Crippen LogP contribution is -2.13. The molecule has 1 aromatic heterocycles. The number of aliphatic carboxylic acids is 1. The predicted octanol–water partition coefficient (Wildman–Crippen LogP) is 2.08. The second-order valence-electron chi connectivity index (χ2n) is 5.17. The van der Waals surface area contributed by atoms with Gasteiger partial charge in [0.25, 0.3) is 0 Å². The molecule has 5 nitrogen and oxygen atoms in total. The van der Waals surface area contributed by atoms with Crippen LogP contribution in [0.3, 0.4) is 0 Å². The fourth-order valence-electron chi connectivity index (χ4n) is 2.42. The molecular weight excluding hydrogens is 242 g/mol. The van der Waals surface area contributed by atoms with Crippen molar-refractivity contribution in [2.24, 2.45) is 0 Å². The van der Waals surface area contributed by atoms with E-state index in [4.69, 9.17) is 5.11 Å². The molecule has 1 N–H and O–H groups in total. The number of aromatic nitrogens is 3. The maximum absolute atomic E-state index is 10.9. The van der Waals surface area contributed by atoms with E-state index >= 15 is 0 Å². The summed E-state index contributed by atoms with van der Waals surface area (Å²) in [5, 5.41) is 17.4. The Kier molecular flexibility index (Phi) is 2.62. The molecule has 0 saturated heterocycles. The zero-order valence-corrected chi connectivity index (χ0v) is 10.7. The van der Waals surface area contributed by atoms with Crippen LogP contribution in [0.5, 0.6) is 0 Å². The van der Waals surface area contributed by atoms with Gasteiger partial charge in [-0.15, -0.1) is 0 Å². The lowest BCUT2D eigenvalue weighted by molar-refractivity contribution is -0.137. The molecule has 1 saturated carbocycles. The van der Waals surface area contributed by atoms with E-state index in [0.717, 1.165) is 29.8 Å². The van der Waals surface area contributed by atoms with Crippen LogP contribution in [0.25, 0.3) is 5.69 Å². The average Bonchev–Trinajstić information content (AvgIpc) is 3.02. The molecule has 0 unspecified atom stereocenters. The van der Waals surface area contributed by atoms with Crippen LogP contribution in [0.4, 0.5) is 0 Å². The summed E-state index contributed by atoms with van der Waals surface area (Å²) in [6.07, 6.45) is 3.84. The number of carboxylic acid groups (broad SMARTS) is 1. The summed E-state index contributed by atoms with van der Waals surface area (Å²) in [5.74, 6) is -0.731. The van der Waals surface area contributed by atoms with Gasteiger partial charge in [0.15, 0.2) is 0 Å². The Labute approximate surface area is 110 Å². The van der Waals surface area contributed by atoms with Crippen molar-refractivity contribution in [2.75, 3.05) is 0 Å². The summed E-state index contributed by atoms with van der Waals surface area (Å²) in [4.78, 5) is 12.5. The van der Waals surface area contributed by atoms with Crippen LogP contribution in [0.2, 0.25) is 0 Å². The van der Waals surface area contributed by atoms with E-state index in [-0.39, 0.29) is 11.8 Å². The molecule has 1 heterocycles. The smallest absolute Gasteiger partial charge is 0.304 e. The van der Waals surface area contributed by atoms with Crippen molar-refractivity contribution in [1.82, 2.24) is 15.0 Å². The summed E-state index contributed by atoms with van der Waals surface area (Å²) in [5.41, 5.74) is 2.72. The molecule has 0 aliphatic heterocycles. The Morgan fingerprint density at radius 1 is 1.37 bits per heavy atom. The van der Waals surface area contributed by atoms with Gasteiger partial charge in [0, 0.05) is 5.41 Å². The van der Waals surface area contributed by atoms with Crippen LogP contribution >= 0.6 is 0 Å². The van der Waals surface area contributed by atoms with E-state index < -0.39 is 5.97 Å². The van der Waals surface area contributed by atoms with Gasteiger partial charge in [-0.2, -0.15) is 15.0 Å². The first-order chi connectivity index (χ1) is 9.09. The van der Waals surface area contributed by atoms with Crippen LogP contribution in [-0.2, 0) is 10.2 Å². The van der Waals surface area contributed by atoms with Crippen LogP contribution in [-0.4, -0.2) is 26.1 Å². The van der Waals surface area contributed by atoms with Crippen LogP contribution in [0.1, 0.15) is 30.5 Å². The third kappa shape index (κ3) is 2.23.